The minimum absolute atomic E-state index is 0.0595. The van der Waals surface area contributed by atoms with Gasteiger partial charge < -0.3 is 14.5 Å². The van der Waals surface area contributed by atoms with E-state index in [-0.39, 0.29) is 24.1 Å². The lowest BCUT2D eigenvalue weighted by Gasteiger charge is -2.36. The van der Waals surface area contributed by atoms with Crippen LogP contribution in [0.3, 0.4) is 0 Å². The lowest BCUT2D eigenvalue weighted by Crippen LogP contribution is -2.49. The van der Waals surface area contributed by atoms with Crippen LogP contribution in [0.5, 0.6) is 0 Å². The van der Waals surface area contributed by atoms with Gasteiger partial charge in [-0.1, -0.05) is 18.2 Å². The first-order valence-corrected chi connectivity index (χ1v) is 8.53. The molecular formula is C20H21FN2O3. The highest BCUT2D eigenvalue weighted by Crippen LogP contribution is 2.18. The molecule has 26 heavy (non-hydrogen) atoms. The van der Waals surface area contributed by atoms with Crippen molar-refractivity contribution in [2.24, 2.45) is 0 Å². The predicted octanol–water partition coefficient (Wildman–Crippen LogP) is 2.50. The fourth-order valence-electron chi connectivity index (χ4n) is 3.06. The Morgan fingerprint density at radius 2 is 1.65 bits per heavy atom. The SMILES string of the molecule is COC(=O)c1ccc(N2CCN(C(=O)Cc3ccccc3F)CC2)cc1. The Bertz CT molecular complexity index is 784. The monoisotopic (exact) mass is 356 g/mol. The third kappa shape index (κ3) is 4.02. The summed E-state index contributed by atoms with van der Waals surface area (Å²) >= 11 is 0. The molecule has 0 unspecified atom stereocenters. The number of methoxy groups -OCH3 is 1. The van der Waals surface area contributed by atoms with E-state index >= 15 is 0 Å². The van der Waals surface area contributed by atoms with Gasteiger partial charge in [0.25, 0.3) is 0 Å². The van der Waals surface area contributed by atoms with E-state index < -0.39 is 0 Å². The normalized spacial score (nSPS) is 14.2. The number of esters is 1. The summed E-state index contributed by atoms with van der Waals surface area (Å²) in [4.78, 5) is 27.8. The molecular weight excluding hydrogens is 335 g/mol. The molecule has 2 aromatic rings. The van der Waals surface area contributed by atoms with E-state index in [9.17, 15) is 14.0 Å². The summed E-state index contributed by atoms with van der Waals surface area (Å²) < 4.78 is 18.4. The highest BCUT2D eigenvalue weighted by molar-refractivity contribution is 5.89. The van der Waals surface area contributed by atoms with Crippen LogP contribution in [-0.4, -0.2) is 50.1 Å². The van der Waals surface area contributed by atoms with Crippen molar-refractivity contribution >= 4 is 17.6 Å². The number of benzene rings is 2. The summed E-state index contributed by atoms with van der Waals surface area (Å²) in [5, 5.41) is 0. The fourth-order valence-corrected chi connectivity index (χ4v) is 3.06. The fraction of sp³-hybridized carbons (Fsp3) is 0.300. The molecule has 1 aliphatic heterocycles. The van der Waals surface area contributed by atoms with Crippen molar-refractivity contribution in [2.45, 2.75) is 6.42 Å². The molecule has 1 saturated heterocycles. The molecule has 0 bridgehead atoms. The Balaban J connectivity index is 1.56. The first-order chi connectivity index (χ1) is 12.6. The van der Waals surface area contributed by atoms with Crippen LogP contribution in [0.25, 0.3) is 0 Å². The van der Waals surface area contributed by atoms with Crippen molar-refractivity contribution in [1.29, 1.82) is 0 Å². The third-order valence-electron chi connectivity index (χ3n) is 4.59. The number of hydrogen-bond acceptors (Lipinski definition) is 4. The van der Waals surface area contributed by atoms with Crippen molar-refractivity contribution in [3.8, 4) is 0 Å². The minimum Gasteiger partial charge on any atom is -0.465 e. The van der Waals surface area contributed by atoms with Crippen molar-refractivity contribution in [3.05, 3.63) is 65.5 Å². The maximum absolute atomic E-state index is 13.7. The van der Waals surface area contributed by atoms with Crippen LogP contribution in [0.1, 0.15) is 15.9 Å². The molecule has 5 nitrogen and oxygen atoms in total. The average Bonchev–Trinajstić information content (AvgIpc) is 2.69. The maximum atomic E-state index is 13.7. The molecule has 3 rings (SSSR count). The van der Waals surface area contributed by atoms with E-state index in [1.807, 2.05) is 12.1 Å². The van der Waals surface area contributed by atoms with Gasteiger partial charge >= 0.3 is 5.97 Å². The standard InChI is InChI=1S/C20H21FN2O3/c1-26-20(25)15-6-8-17(9-7-15)22-10-12-23(13-11-22)19(24)14-16-4-2-3-5-18(16)21/h2-9H,10-14H2,1H3. The van der Waals surface area contributed by atoms with Crippen LogP contribution in [-0.2, 0) is 16.0 Å². The van der Waals surface area contributed by atoms with Gasteiger partial charge in [0.2, 0.25) is 5.91 Å². The quantitative estimate of drug-likeness (QED) is 0.790. The Morgan fingerprint density at radius 1 is 1.00 bits per heavy atom. The van der Waals surface area contributed by atoms with Crippen LogP contribution in [0.2, 0.25) is 0 Å². The number of carbonyl (C=O) groups is 2. The molecule has 0 aliphatic carbocycles. The molecule has 1 amide bonds. The Hall–Kier alpha value is -2.89. The molecule has 0 atom stereocenters. The second-order valence-electron chi connectivity index (χ2n) is 6.17. The summed E-state index contributed by atoms with van der Waals surface area (Å²) in [5.74, 6) is -0.763. The number of halogens is 1. The third-order valence-corrected chi connectivity index (χ3v) is 4.59. The molecule has 136 valence electrons. The minimum atomic E-state index is -0.361. The molecule has 0 radical (unpaired) electrons. The zero-order chi connectivity index (χ0) is 18.5. The van der Waals surface area contributed by atoms with Gasteiger partial charge in [-0.15, -0.1) is 0 Å². The summed E-state index contributed by atoms with van der Waals surface area (Å²) in [6.45, 7) is 2.57. The zero-order valence-electron chi connectivity index (χ0n) is 14.7. The van der Waals surface area contributed by atoms with Gasteiger partial charge in [-0.05, 0) is 35.9 Å². The Labute approximate surface area is 152 Å². The highest BCUT2D eigenvalue weighted by Gasteiger charge is 2.22. The van der Waals surface area contributed by atoms with Crippen molar-refractivity contribution in [2.75, 3.05) is 38.2 Å². The van der Waals surface area contributed by atoms with E-state index in [0.29, 0.717) is 37.3 Å². The van der Waals surface area contributed by atoms with Crippen LogP contribution >= 0.6 is 0 Å². The van der Waals surface area contributed by atoms with Crippen molar-refractivity contribution in [1.82, 2.24) is 4.90 Å². The highest BCUT2D eigenvalue weighted by atomic mass is 19.1. The number of nitrogens with zero attached hydrogens (tertiary/aromatic N) is 2. The first-order valence-electron chi connectivity index (χ1n) is 8.53. The van der Waals surface area contributed by atoms with E-state index in [4.69, 9.17) is 4.74 Å². The largest absolute Gasteiger partial charge is 0.465 e. The molecule has 0 saturated carbocycles. The number of piperazine rings is 1. The summed E-state index contributed by atoms with van der Waals surface area (Å²) in [6.07, 6.45) is 0.0838. The molecule has 0 aromatic heterocycles. The number of hydrogen-bond donors (Lipinski definition) is 0. The van der Waals surface area contributed by atoms with Gasteiger partial charge in [0.05, 0.1) is 19.1 Å². The second kappa shape index (κ2) is 7.99. The average molecular weight is 356 g/mol. The predicted molar refractivity (Wildman–Crippen MR) is 96.7 cm³/mol. The van der Waals surface area contributed by atoms with E-state index in [0.717, 1.165) is 5.69 Å². The first kappa shape index (κ1) is 17.9. The van der Waals surface area contributed by atoms with E-state index in [2.05, 4.69) is 4.90 Å². The summed E-state index contributed by atoms with van der Waals surface area (Å²) in [5.41, 5.74) is 1.94. The van der Waals surface area contributed by atoms with Gasteiger partial charge in [-0.25, -0.2) is 9.18 Å². The van der Waals surface area contributed by atoms with Crippen LogP contribution in [0.4, 0.5) is 10.1 Å². The number of anilines is 1. The number of ether oxygens (including phenoxy) is 1. The molecule has 6 heteroatoms. The lowest BCUT2D eigenvalue weighted by atomic mass is 10.1. The molecule has 0 N–H and O–H groups in total. The topological polar surface area (TPSA) is 49.9 Å². The van der Waals surface area contributed by atoms with Gasteiger partial charge in [0, 0.05) is 31.9 Å². The molecule has 2 aromatic carbocycles. The van der Waals surface area contributed by atoms with Crippen LogP contribution in [0, 0.1) is 5.82 Å². The molecule has 1 fully saturated rings. The molecule has 1 aliphatic rings. The van der Waals surface area contributed by atoms with Gasteiger partial charge in [0.15, 0.2) is 0 Å². The smallest absolute Gasteiger partial charge is 0.337 e. The van der Waals surface area contributed by atoms with Crippen molar-refractivity contribution < 1.29 is 18.7 Å². The molecule has 0 spiro atoms. The van der Waals surface area contributed by atoms with Crippen LogP contribution in [0.15, 0.2) is 48.5 Å². The zero-order valence-corrected chi connectivity index (χ0v) is 14.7. The van der Waals surface area contributed by atoms with Crippen molar-refractivity contribution in [3.63, 3.8) is 0 Å². The van der Waals surface area contributed by atoms with Gasteiger partial charge in [0.1, 0.15) is 5.82 Å². The van der Waals surface area contributed by atoms with Gasteiger partial charge in [-0.3, -0.25) is 4.79 Å². The Morgan fingerprint density at radius 3 is 2.27 bits per heavy atom. The second-order valence-corrected chi connectivity index (χ2v) is 6.17. The maximum Gasteiger partial charge on any atom is 0.337 e. The number of amides is 1. The van der Waals surface area contributed by atoms with E-state index in [1.54, 1.807) is 35.2 Å². The van der Waals surface area contributed by atoms with Crippen LogP contribution < -0.4 is 4.90 Å². The number of carbonyl (C=O) groups excluding carboxylic acids is 2. The summed E-state index contributed by atoms with van der Waals surface area (Å²) in [7, 11) is 1.35. The molecule has 1 heterocycles. The number of rotatable bonds is 4. The van der Waals surface area contributed by atoms with E-state index in [1.165, 1.54) is 13.2 Å². The summed E-state index contributed by atoms with van der Waals surface area (Å²) in [6, 6.07) is 13.6. The lowest BCUT2D eigenvalue weighted by molar-refractivity contribution is -0.130. The van der Waals surface area contributed by atoms with Gasteiger partial charge in [-0.2, -0.15) is 0 Å². The Kier molecular flexibility index (Phi) is 5.51.